The molecule has 3 N–H and O–H groups in total. The van der Waals surface area contributed by atoms with E-state index in [0.717, 1.165) is 0 Å². The monoisotopic (exact) mass is 663 g/mol. The Labute approximate surface area is 274 Å². The Morgan fingerprint density at radius 2 is 1.73 bits per heavy atom. The highest BCUT2D eigenvalue weighted by Gasteiger charge is 2.41. The predicted molar refractivity (Wildman–Crippen MR) is 172 cm³/mol. The number of nitrogens with one attached hydrogen (secondary N) is 1. The molecule has 0 unspecified atom stereocenters. The van der Waals surface area contributed by atoms with Gasteiger partial charge in [0.25, 0.3) is 5.56 Å². The number of ketones is 1. The number of carbonyl (C=O) groups is 3. The summed E-state index contributed by atoms with van der Waals surface area (Å²) in [5.41, 5.74) is 23.2. The number of benzene rings is 1. The van der Waals surface area contributed by atoms with Gasteiger partial charge in [-0.05, 0) is 49.7 Å². The van der Waals surface area contributed by atoms with Crippen LogP contribution in [0.4, 0.5) is 5.95 Å². The summed E-state index contributed by atoms with van der Waals surface area (Å²) in [6.07, 6.45) is 1.44. The number of aromatic nitrogens is 4. The van der Waals surface area contributed by atoms with Gasteiger partial charge in [0.2, 0.25) is 5.95 Å². The van der Waals surface area contributed by atoms with Gasteiger partial charge in [-0.3, -0.25) is 28.7 Å². The maximum atomic E-state index is 12.9. The number of aromatic amines is 1. The van der Waals surface area contributed by atoms with Crippen molar-refractivity contribution in [3.8, 4) is 11.4 Å². The number of nitrogen functional groups attached to an aromatic ring is 1. The Hall–Kier alpha value is -5.44. The second-order valence-corrected chi connectivity index (χ2v) is 11.2. The average molecular weight is 664 g/mol. The van der Waals surface area contributed by atoms with E-state index < -0.39 is 35.9 Å². The summed E-state index contributed by atoms with van der Waals surface area (Å²) in [4.78, 5) is 67.2. The number of Topliss-reactive ketones (excluding diaryl/α,β-unsaturated/α-hetero) is 1. The van der Waals surface area contributed by atoms with Crippen LogP contribution in [0.2, 0.25) is 0 Å². The number of fused-ring (bicyclic) bond motifs is 1. The number of azide groups is 2. The molecule has 1 aromatic carbocycles. The number of nitrogens with zero attached hydrogens (tertiary/aromatic N) is 9. The number of rotatable bonds is 18. The molecule has 1 saturated heterocycles. The van der Waals surface area contributed by atoms with Gasteiger partial charge in [-0.25, -0.2) is 4.98 Å². The van der Waals surface area contributed by atoms with Gasteiger partial charge in [0, 0.05) is 53.3 Å². The second-order valence-electron chi connectivity index (χ2n) is 11.2. The van der Waals surface area contributed by atoms with Crippen LogP contribution in [0.3, 0.4) is 0 Å². The van der Waals surface area contributed by atoms with Gasteiger partial charge < -0.3 is 19.9 Å². The predicted octanol–water partition coefficient (Wildman–Crippen LogP) is 5.06. The Bertz CT molecular complexity index is 1780. The summed E-state index contributed by atoms with van der Waals surface area (Å²) in [6.45, 7) is 1.91. The van der Waals surface area contributed by atoms with Crippen molar-refractivity contribution in [1.29, 1.82) is 0 Å². The average Bonchev–Trinajstić information content (AvgIpc) is 3.64. The van der Waals surface area contributed by atoms with E-state index in [9.17, 15) is 19.2 Å². The van der Waals surface area contributed by atoms with Gasteiger partial charge in [-0.2, -0.15) is 4.98 Å². The molecule has 0 bridgehead atoms. The zero-order valence-corrected chi connectivity index (χ0v) is 26.5. The summed E-state index contributed by atoms with van der Waals surface area (Å²) in [5.74, 6) is -0.992. The third-order valence-electron chi connectivity index (χ3n) is 7.66. The topological polar surface area (TPSA) is 266 Å². The van der Waals surface area contributed by atoms with Crippen LogP contribution in [0.5, 0.6) is 0 Å². The minimum Gasteiger partial charge on any atom is -0.463 e. The Balaban J connectivity index is 1.57. The van der Waals surface area contributed by atoms with Gasteiger partial charge in [0.05, 0.1) is 0 Å². The van der Waals surface area contributed by atoms with E-state index in [0.29, 0.717) is 62.7 Å². The smallest absolute Gasteiger partial charge is 0.306 e. The highest BCUT2D eigenvalue weighted by Crippen LogP contribution is 2.37. The first-order chi connectivity index (χ1) is 23.2. The van der Waals surface area contributed by atoms with Crippen molar-refractivity contribution in [2.75, 3.05) is 25.4 Å². The summed E-state index contributed by atoms with van der Waals surface area (Å²) >= 11 is 0. The molecule has 1 aliphatic rings. The first-order valence-corrected chi connectivity index (χ1v) is 15.6. The highest BCUT2D eigenvalue weighted by molar-refractivity contribution is 5.95. The maximum absolute atomic E-state index is 12.9. The summed E-state index contributed by atoms with van der Waals surface area (Å²) < 4.78 is 19.3. The molecular formula is C30H37N11O7. The molecule has 18 heteroatoms. The molecule has 4 rings (SSSR count). The molecule has 3 atom stereocenters. The number of nitrogens with two attached hydrogens (primary N) is 1. The summed E-state index contributed by atoms with van der Waals surface area (Å²) in [7, 11) is 0. The minimum atomic E-state index is -0.884. The highest BCUT2D eigenvalue weighted by atomic mass is 16.6. The fourth-order valence-electron chi connectivity index (χ4n) is 5.31. The molecule has 2 aromatic heterocycles. The Morgan fingerprint density at radius 3 is 2.40 bits per heavy atom. The largest absolute Gasteiger partial charge is 0.463 e. The molecule has 254 valence electrons. The van der Waals surface area contributed by atoms with Gasteiger partial charge in [-0.1, -0.05) is 41.3 Å². The van der Waals surface area contributed by atoms with Crippen LogP contribution in [-0.4, -0.2) is 69.1 Å². The van der Waals surface area contributed by atoms with Crippen LogP contribution in [0.1, 0.15) is 81.3 Å². The van der Waals surface area contributed by atoms with Crippen LogP contribution in [0.25, 0.3) is 43.4 Å². The maximum Gasteiger partial charge on any atom is 0.306 e. The standard InChI is InChI=1S/C30H37N11O7/c1-18(42)19-9-8-10-20(15-19)27-36-26-28(37-30(31)38-29(26)45)41(27)23-16-21(48-25(44)12-5-3-7-14-35-40-33)22(47-23)17-46-24(43)11-4-2-6-13-34-39-32/h8-10,15,21-23H,2-7,11-14,16-17H2,1H3,(H3,31,37,38,45)/t21-,22+,23+/m0/s1. The number of unbranched alkanes of at least 4 members (excludes halogenated alkanes) is 4. The molecule has 3 heterocycles. The number of anilines is 1. The molecule has 0 spiro atoms. The van der Waals surface area contributed by atoms with Crippen LogP contribution >= 0.6 is 0 Å². The van der Waals surface area contributed by atoms with Gasteiger partial charge in [0.1, 0.15) is 30.9 Å². The molecule has 0 aliphatic carbocycles. The third kappa shape index (κ3) is 9.54. The molecular weight excluding hydrogens is 626 g/mol. The van der Waals surface area contributed by atoms with Crippen LogP contribution < -0.4 is 11.3 Å². The second kappa shape index (κ2) is 17.5. The molecule has 0 saturated carbocycles. The quantitative estimate of drug-likeness (QED) is 0.0456. The first-order valence-electron chi connectivity index (χ1n) is 15.6. The number of ether oxygens (including phenoxy) is 3. The van der Waals surface area contributed by atoms with Crippen molar-refractivity contribution >= 4 is 34.8 Å². The van der Waals surface area contributed by atoms with E-state index in [1.165, 1.54) is 6.92 Å². The van der Waals surface area contributed by atoms with Crippen LogP contribution in [0.15, 0.2) is 39.3 Å². The lowest BCUT2D eigenvalue weighted by atomic mass is 10.1. The van der Waals surface area contributed by atoms with E-state index in [-0.39, 0.29) is 54.6 Å². The fourth-order valence-corrected chi connectivity index (χ4v) is 5.31. The molecule has 48 heavy (non-hydrogen) atoms. The van der Waals surface area contributed by atoms with Crippen molar-refractivity contribution < 1.29 is 28.6 Å². The number of imidazole rings is 1. The lowest BCUT2D eigenvalue weighted by molar-refractivity contribution is -0.158. The van der Waals surface area contributed by atoms with E-state index in [1.807, 2.05) is 0 Å². The lowest BCUT2D eigenvalue weighted by Gasteiger charge is -2.19. The number of carbonyl (C=O) groups excluding carboxylic acids is 3. The van der Waals surface area contributed by atoms with Crippen molar-refractivity contribution in [3.05, 3.63) is 61.1 Å². The zero-order valence-electron chi connectivity index (χ0n) is 26.5. The van der Waals surface area contributed by atoms with Gasteiger partial charge >= 0.3 is 11.9 Å². The summed E-state index contributed by atoms with van der Waals surface area (Å²) in [5, 5.41) is 6.97. The molecule has 18 nitrogen and oxygen atoms in total. The fraction of sp³-hybridized carbons (Fsp3) is 0.533. The van der Waals surface area contributed by atoms with Crippen molar-refractivity contribution in [1.82, 2.24) is 19.5 Å². The molecule has 1 fully saturated rings. The van der Waals surface area contributed by atoms with E-state index >= 15 is 0 Å². The van der Waals surface area contributed by atoms with Gasteiger partial charge in [-0.15, -0.1) is 0 Å². The number of hydrogen-bond donors (Lipinski definition) is 2. The molecule has 1 aliphatic heterocycles. The van der Waals surface area contributed by atoms with Crippen molar-refractivity contribution in [2.45, 2.75) is 83.1 Å². The number of esters is 2. The Kier molecular flexibility index (Phi) is 12.9. The van der Waals surface area contributed by atoms with Crippen molar-refractivity contribution in [2.24, 2.45) is 10.2 Å². The molecule has 0 amide bonds. The van der Waals surface area contributed by atoms with E-state index in [4.69, 9.17) is 31.0 Å². The van der Waals surface area contributed by atoms with Crippen molar-refractivity contribution in [3.63, 3.8) is 0 Å². The van der Waals surface area contributed by atoms with E-state index in [1.54, 1.807) is 28.8 Å². The Morgan fingerprint density at radius 1 is 1.04 bits per heavy atom. The normalized spacial score (nSPS) is 17.0. The number of H-pyrrole nitrogens is 1. The molecule has 0 radical (unpaired) electrons. The first kappa shape index (κ1) is 35.4. The van der Waals surface area contributed by atoms with Crippen LogP contribution in [0, 0.1) is 0 Å². The third-order valence-corrected chi connectivity index (χ3v) is 7.66. The van der Waals surface area contributed by atoms with Crippen LogP contribution in [-0.2, 0) is 23.8 Å². The van der Waals surface area contributed by atoms with Gasteiger partial charge in [0.15, 0.2) is 16.9 Å². The minimum absolute atomic E-state index is 0.0133. The summed E-state index contributed by atoms with van der Waals surface area (Å²) in [6, 6.07) is 6.71. The zero-order chi connectivity index (χ0) is 34.5. The lowest BCUT2D eigenvalue weighted by Crippen LogP contribution is -2.32. The SMILES string of the molecule is CC(=O)c1cccc(-c2nc3c(=O)[nH]c(N)nc3n2[C@H]2C[C@H](OC(=O)CCCCCN=[N+]=[N-])[C@@H](COC(=O)CCCCCN=[N+]=[N-])O2)c1. The molecule has 3 aromatic rings. The number of hydrogen-bond acceptors (Lipinski definition) is 12. The van der Waals surface area contributed by atoms with E-state index in [2.05, 4.69) is 35.0 Å².